The highest BCUT2D eigenvalue weighted by molar-refractivity contribution is 6.31. The number of halogens is 1. The number of oxazole rings is 1. The highest BCUT2D eigenvalue weighted by Gasteiger charge is 2.09. The monoisotopic (exact) mass is 342 g/mol. The lowest BCUT2D eigenvalue weighted by atomic mass is 10.2. The number of aromatic nitrogens is 1. The van der Waals surface area contributed by atoms with Crippen LogP contribution in [0.2, 0.25) is 5.02 Å². The second-order valence-electron chi connectivity index (χ2n) is 5.14. The maximum Gasteiger partial charge on any atom is 0.248 e. The van der Waals surface area contributed by atoms with Crippen molar-refractivity contribution in [1.82, 2.24) is 4.98 Å². The number of anilines is 1. The van der Waals surface area contributed by atoms with Crippen molar-refractivity contribution in [3.8, 4) is 5.75 Å². The molecule has 0 radical (unpaired) electrons. The summed E-state index contributed by atoms with van der Waals surface area (Å²) in [4.78, 5) is 16.4. The number of hydrogen-bond donors (Lipinski definition) is 1. The molecule has 3 rings (SSSR count). The van der Waals surface area contributed by atoms with E-state index in [2.05, 4.69) is 10.3 Å². The molecule has 2 aromatic carbocycles. The van der Waals surface area contributed by atoms with Crippen molar-refractivity contribution in [2.75, 3.05) is 12.4 Å². The fourth-order valence-corrected chi connectivity index (χ4v) is 2.37. The number of para-hydroxylation sites is 2. The molecule has 0 atom stereocenters. The zero-order valence-corrected chi connectivity index (χ0v) is 13.9. The number of rotatable bonds is 4. The van der Waals surface area contributed by atoms with E-state index in [1.54, 1.807) is 12.1 Å². The third-order valence-electron chi connectivity index (χ3n) is 3.43. The smallest absolute Gasteiger partial charge is 0.248 e. The van der Waals surface area contributed by atoms with E-state index >= 15 is 0 Å². The third-order valence-corrected chi connectivity index (χ3v) is 3.83. The van der Waals surface area contributed by atoms with Gasteiger partial charge in [-0.1, -0.05) is 23.7 Å². The van der Waals surface area contributed by atoms with Gasteiger partial charge in [0.05, 0.1) is 12.8 Å². The Morgan fingerprint density at radius 2 is 2.12 bits per heavy atom. The molecule has 6 heteroatoms. The molecule has 0 fully saturated rings. The molecule has 1 heterocycles. The van der Waals surface area contributed by atoms with Crippen LogP contribution in [0.25, 0.3) is 17.2 Å². The summed E-state index contributed by atoms with van der Waals surface area (Å²) in [5.41, 5.74) is 2.81. The van der Waals surface area contributed by atoms with Crippen molar-refractivity contribution in [3.63, 3.8) is 0 Å². The number of aryl methyl sites for hydroxylation is 1. The first kappa shape index (κ1) is 16.1. The third kappa shape index (κ3) is 3.41. The average Bonchev–Trinajstić information content (AvgIpc) is 2.99. The molecule has 1 aromatic heterocycles. The van der Waals surface area contributed by atoms with Gasteiger partial charge in [0.2, 0.25) is 11.8 Å². The quantitative estimate of drug-likeness (QED) is 0.711. The fraction of sp³-hybridized carbons (Fsp3) is 0.111. The van der Waals surface area contributed by atoms with Gasteiger partial charge in [-0.05, 0) is 30.7 Å². The molecular weight excluding hydrogens is 328 g/mol. The molecule has 122 valence electrons. The molecule has 0 saturated carbocycles. The number of nitrogens with zero attached hydrogens (tertiary/aromatic N) is 1. The second-order valence-corrected chi connectivity index (χ2v) is 5.55. The molecule has 5 nitrogen and oxygen atoms in total. The lowest BCUT2D eigenvalue weighted by Crippen LogP contribution is -2.09. The number of carbonyl (C=O) groups is 1. The number of nitrogens with one attached hydrogen (secondary N) is 1. The van der Waals surface area contributed by atoms with Crippen LogP contribution in [0.15, 0.2) is 46.9 Å². The number of amides is 1. The molecule has 24 heavy (non-hydrogen) atoms. The summed E-state index contributed by atoms with van der Waals surface area (Å²) in [6.07, 6.45) is 2.87. The number of methoxy groups -OCH3 is 1. The van der Waals surface area contributed by atoms with Gasteiger partial charge in [-0.25, -0.2) is 4.98 Å². The maximum absolute atomic E-state index is 12.1. The van der Waals surface area contributed by atoms with Crippen LogP contribution in [0.5, 0.6) is 5.75 Å². The molecule has 0 aliphatic carbocycles. The highest BCUT2D eigenvalue weighted by atomic mass is 35.5. The van der Waals surface area contributed by atoms with Gasteiger partial charge in [-0.3, -0.25) is 4.79 Å². The van der Waals surface area contributed by atoms with Crippen molar-refractivity contribution in [3.05, 3.63) is 59.0 Å². The first-order valence-electron chi connectivity index (χ1n) is 7.25. The Bertz CT molecular complexity index is 898. The van der Waals surface area contributed by atoms with Gasteiger partial charge in [0, 0.05) is 23.2 Å². The van der Waals surface area contributed by atoms with Crippen LogP contribution in [-0.2, 0) is 4.79 Å². The van der Waals surface area contributed by atoms with Crippen molar-refractivity contribution < 1.29 is 13.9 Å². The van der Waals surface area contributed by atoms with Gasteiger partial charge < -0.3 is 14.5 Å². The number of fused-ring (bicyclic) bond motifs is 1. The lowest BCUT2D eigenvalue weighted by Gasteiger charge is -2.11. The molecule has 0 aliphatic rings. The highest BCUT2D eigenvalue weighted by Crippen LogP contribution is 2.30. The van der Waals surface area contributed by atoms with Crippen LogP contribution >= 0.6 is 11.6 Å². The summed E-state index contributed by atoms with van der Waals surface area (Å²) >= 11 is 6.05. The van der Waals surface area contributed by atoms with E-state index in [1.807, 2.05) is 31.2 Å². The molecule has 3 aromatic rings. The molecule has 1 N–H and O–H groups in total. The summed E-state index contributed by atoms with van der Waals surface area (Å²) in [7, 11) is 1.52. The summed E-state index contributed by atoms with van der Waals surface area (Å²) in [6, 6.07) is 10.8. The first-order valence-corrected chi connectivity index (χ1v) is 7.63. The van der Waals surface area contributed by atoms with Crippen LogP contribution in [-0.4, -0.2) is 18.0 Å². The first-order chi connectivity index (χ1) is 11.6. The SMILES string of the molecule is COc1cc(Cl)c(C)cc1NC(=O)/C=C/c1nc2ccccc2o1. The Kier molecular flexibility index (Phi) is 4.53. The Labute approximate surface area is 143 Å². The predicted octanol–water partition coefficient (Wildman–Crippen LogP) is 4.45. The predicted molar refractivity (Wildman–Crippen MR) is 94.4 cm³/mol. The van der Waals surface area contributed by atoms with E-state index in [4.69, 9.17) is 20.8 Å². The van der Waals surface area contributed by atoms with E-state index in [9.17, 15) is 4.79 Å². The van der Waals surface area contributed by atoms with Crippen LogP contribution in [0, 0.1) is 6.92 Å². The topological polar surface area (TPSA) is 64.4 Å². The zero-order chi connectivity index (χ0) is 17.1. The summed E-state index contributed by atoms with van der Waals surface area (Å²) < 4.78 is 10.8. The summed E-state index contributed by atoms with van der Waals surface area (Å²) in [5.74, 6) is 0.539. The van der Waals surface area contributed by atoms with E-state index in [0.717, 1.165) is 11.1 Å². The molecule has 0 saturated heterocycles. The Hall–Kier alpha value is -2.79. The van der Waals surface area contributed by atoms with Crippen LogP contribution in [0.4, 0.5) is 5.69 Å². The van der Waals surface area contributed by atoms with E-state index in [0.29, 0.717) is 27.9 Å². The van der Waals surface area contributed by atoms with Gasteiger partial charge in [-0.15, -0.1) is 0 Å². The summed E-state index contributed by atoms with van der Waals surface area (Å²) in [5, 5.41) is 3.33. The van der Waals surface area contributed by atoms with Gasteiger partial charge in [0.1, 0.15) is 11.3 Å². The Morgan fingerprint density at radius 3 is 2.88 bits per heavy atom. The van der Waals surface area contributed by atoms with E-state index in [-0.39, 0.29) is 5.91 Å². The van der Waals surface area contributed by atoms with E-state index < -0.39 is 0 Å². The van der Waals surface area contributed by atoms with Crippen molar-refractivity contribution in [2.24, 2.45) is 0 Å². The van der Waals surface area contributed by atoms with Crippen LogP contribution in [0.3, 0.4) is 0 Å². The van der Waals surface area contributed by atoms with Gasteiger partial charge in [0.25, 0.3) is 0 Å². The maximum atomic E-state index is 12.1. The largest absolute Gasteiger partial charge is 0.495 e. The van der Waals surface area contributed by atoms with Crippen molar-refractivity contribution in [2.45, 2.75) is 6.92 Å². The lowest BCUT2D eigenvalue weighted by molar-refractivity contribution is -0.111. The minimum absolute atomic E-state index is 0.322. The van der Waals surface area contributed by atoms with Crippen LogP contribution < -0.4 is 10.1 Å². The molecular formula is C18H15ClN2O3. The minimum atomic E-state index is -0.322. The van der Waals surface area contributed by atoms with Crippen molar-refractivity contribution in [1.29, 1.82) is 0 Å². The average molecular weight is 343 g/mol. The van der Waals surface area contributed by atoms with E-state index in [1.165, 1.54) is 19.3 Å². The molecule has 0 unspecified atom stereocenters. The van der Waals surface area contributed by atoms with Crippen LogP contribution in [0.1, 0.15) is 11.5 Å². The normalized spacial score (nSPS) is 11.1. The zero-order valence-electron chi connectivity index (χ0n) is 13.2. The molecule has 0 bridgehead atoms. The standard InChI is InChI=1S/C18H15ClN2O3/c1-11-9-14(16(23-2)10-12(11)19)20-17(22)7-8-18-21-13-5-3-4-6-15(13)24-18/h3-10H,1-2H3,(H,20,22)/b8-7+. The Morgan fingerprint density at radius 1 is 1.33 bits per heavy atom. The number of hydrogen-bond acceptors (Lipinski definition) is 4. The van der Waals surface area contributed by atoms with Crippen molar-refractivity contribution >= 4 is 40.4 Å². The second kappa shape index (κ2) is 6.76. The summed E-state index contributed by atoms with van der Waals surface area (Å²) in [6.45, 7) is 1.85. The van der Waals surface area contributed by atoms with Gasteiger partial charge >= 0.3 is 0 Å². The Balaban J connectivity index is 1.77. The number of benzene rings is 2. The number of carbonyl (C=O) groups excluding carboxylic acids is 1. The van der Waals surface area contributed by atoms with Gasteiger partial charge in [0.15, 0.2) is 5.58 Å². The van der Waals surface area contributed by atoms with Gasteiger partial charge in [-0.2, -0.15) is 0 Å². The minimum Gasteiger partial charge on any atom is -0.495 e. The molecule has 0 aliphatic heterocycles. The molecule has 0 spiro atoms. The number of ether oxygens (including phenoxy) is 1. The fourth-order valence-electron chi connectivity index (χ4n) is 2.21. The molecule has 1 amide bonds.